The van der Waals surface area contributed by atoms with Crippen molar-refractivity contribution in [2.45, 2.75) is 45.8 Å². The van der Waals surface area contributed by atoms with Crippen LogP contribution in [0.25, 0.3) is 11.1 Å². The van der Waals surface area contributed by atoms with Gasteiger partial charge in [-0.15, -0.1) is 0 Å². The van der Waals surface area contributed by atoms with Gasteiger partial charge in [0.25, 0.3) is 0 Å². The average molecular weight is 404 g/mol. The van der Waals surface area contributed by atoms with Gasteiger partial charge in [0.2, 0.25) is 0 Å². The summed E-state index contributed by atoms with van der Waals surface area (Å²) in [5, 5.41) is 12.8. The topological polar surface area (TPSA) is 97.8 Å². The SMILES string of the molecule is COC(=O)CC(NC(=O)OC(C)(C)C)c1cncc(-c2c(C)cc(F)cc2O)c1. The smallest absolute Gasteiger partial charge is 0.408 e. The minimum absolute atomic E-state index is 0.144. The summed E-state index contributed by atoms with van der Waals surface area (Å²) in [6.07, 6.45) is 2.16. The van der Waals surface area contributed by atoms with Gasteiger partial charge >= 0.3 is 12.1 Å². The van der Waals surface area contributed by atoms with Gasteiger partial charge in [0.1, 0.15) is 17.2 Å². The molecule has 0 spiro atoms. The Bertz CT molecular complexity index is 885. The van der Waals surface area contributed by atoms with Crippen LogP contribution in [0, 0.1) is 12.7 Å². The fourth-order valence-electron chi connectivity index (χ4n) is 2.84. The lowest BCUT2D eigenvalue weighted by Gasteiger charge is -2.23. The number of aromatic nitrogens is 1. The molecule has 2 rings (SSSR count). The van der Waals surface area contributed by atoms with E-state index in [1.807, 2.05) is 0 Å². The standard InChI is InChI=1S/C21H25FN2O5/c1-12-6-15(22)8-17(25)19(12)14-7-13(10-23-11-14)16(9-18(26)28-5)24-20(27)29-21(2,3)4/h6-8,10-11,16,25H,9H2,1-5H3,(H,24,27). The van der Waals surface area contributed by atoms with Crippen LogP contribution in [-0.2, 0) is 14.3 Å². The predicted octanol–water partition coefficient (Wildman–Crippen LogP) is 4.03. The zero-order valence-electron chi connectivity index (χ0n) is 17.1. The molecule has 0 aliphatic heterocycles. The number of hydrogen-bond acceptors (Lipinski definition) is 6. The largest absolute Gasteiger partial charge is 0.507 e. The first-order valence-corrected chi connectivity index (χ1v) is 9.01. The number of aromatic hydroxyl groups is 1. The Labute approximate surface area is 168 Å². The third-order valence-corrected chi connectivity index (χ3v) is 4.02. The number of benzene rings is 1. The van der Waals surface area contributed by atoms with E-state index in [9.17, 15) is 19.1 Å². The average Bonchev–Trinajstić information content (AvgIpc) is 2.58. The number of methoxy groups -OCH3 is 1. The van der Waals surface area contributed by atoms with E-state index in [2.05, 4.69) is 10.3 Å². The van der Waals surface area contributed by atoms with E-state index in [1.54, 1.807) is 33.8 Å². The summed E-state index contributed by atoms with van der Waals surface area (Å²) in [6.45, 7) is 6.84. The lowest BCUT2D eigenvalue weighted by Crippen LogP contribution is -2.36. The van der Waals surface area contributed by atoms with Crippen molar-refractivity contribution in [2.24, 2.45) is 0 Å². The highest BCUT2D eigenvalue weighted by Crippen LogP contribution is 2.34. The molecule has 0 fully saturated rings. The number of phenols is 1. The highest BCUT2D eigenvalue weighted by Gasteiger charge is 2.24. The Balaban J connectivity index is 2.40. The van der Waals surface area contributed by atoms with E-state index in [-0.39, 0.29) is 12.2 Å². The predicted molar refractivity (Wildman–Crippen MR) is 105 cm³/mol. The number of halogens is 1. The Morgan fingerprint density at radius 3 is 2.52 bits per heavy atom. The van der Waals surface area contributed by atoms with Crippen molar-refractivity contribution in [2.75, 3.05) is 7.11 Å². The number of esters is 1. The molecule has 1 aromatic carbocycles. The van der Waals surface area contributed by atoms with E-state index in [1.165, 1.54) is 25.6 Å². The van der Waals surface area contributed by atoms with Crippen LogP contribution in [0.4, 0.5) is 9.18 Å². The molecular formula is C21H25FN2O5. The lowest BCUT2D eigenvalue weighted by molar-refractivity contribution is -0.141. The number of nitrogens with one attached hydrogen (secondary N) is 1. The molecule has 1 unspecified atom stereocenters. The second-order valence-corrected chi connectivity index (χ2v) is 7.60. The first-order chi connectivity index (χ1) is 13.5. The van der Waals surface area contributed by atoms with E-state index in [4.69, 9.17) is 9.47 Å². The quantitative estimate of drug-likeness (QED) is 0.730. The number of phenolic OH excluding ortho intramolecular Hbond substituents is 1. The summed E-state index contributed by atoms with van der Waals surface area (Å²) in [5.74, 6) is -1.31. The van der Waals surface area contributed by atoms with Crippen molar-refractivity contribution < 1.29 is 28.6 Å². The van der Waals surface area contributed by atoms with Crippen LogP contribution in [0.2, 0.25) is 0 Å². The normalized spacial score (nSPS) is 12.2. The molecule has 1 aromatic heterocycles. The number of hydrogen-bond donors (Lipinski definition) is 2. The monoisotopic (exact) mass is 404 g/mol. The number of nitrogens with zero attached hydrogens (tertiary/aromatic N) is 1. The van der Waals surface area contributed by atoms with Gasteiger partial charge in [-0.1, -0.05) is 0 Å². The molecular weight excluding hydrogens is 379 g/mol. The maximum Gasteiger partial charge on any atom is 0.408 e. The number of aryl methyl sites for hydroxylation is 1. The maximum absolute atomic E-state index is 13.5. The van der Waals surface area contributed by atoms with E-state index < -0.39 is 29.5 Å². The Kier molecular flexibility index (Phi) is 6.79. The van der Waals surface area contributed by atoms with Gasteiger partial charge < -0.3 is 19.9 Å². The van der Waals surface area contributed by atoms with Crippen molar-refractivity contribution in [3.05, 3.63) is 47.5 Å². The minimum atomic E-state index is -0.771. The second kappa shape index (κ2) is 8.89. The van der Waals surface area contributed by atoms with Crippen LogP contribution < -0.4 is 5.32 Å². The summed E-state index contributed by atoms with van der Waals surface area (Å²) in [7, 11) is 1.25. The number of ether oxygens (including phenoxy) is 2. The molecule has 1 heterocycles. The molecule has 0 aliphatic carbocycles. The van der Waals surface area contributed by atoms with Crippen molar-refractivity contribution in [1.82, 2.24) is 10.3 Å². The van der Waals surface area contributed by atoms with Crippen LogP contribution in [0.15, 0.2) is 30.6 Å². The molecule has 29 heavy (non-hydrogen) atoms. The van der Waals surface area contributed by atoms with Crippen LogP contribution in [0.3, 0.4) is 0 Å². The number of pyridine rings is 1. The number of carbonyl (C=O) groups is 2. The second-order valence-electron chi connectivity index (χ2n) is 7.60. The van der Waals surface area contributed by atoms with Crippen LogP contribution in [-0.4, -0.2) is 34.9 Å². The number of alkyl carbamates (subject to hydrolysis) is 1. The summed E-state index contributed by atoms with van der Waals surface area (Å²) in [6, 6.07) is 3.21. The first kappa shape index (κ1) is 22.1. The molecule has 0 saturated carbocycles. The molecule has 156 valence electrons. The lowest BCUT2D eigenvalue weighted by atomic mass is 9.97. The third-order valence-electron chi connectivity index (χ3n) is 4.02. The Hall–Kier alpha value is -3.16. The van der Waals surface area contributed by atoms with Gasteiger partial charge in [-0.25, -0.2) is 9.18 Å². The number of rotatable bonds is 5. The highest BCUT2D eigenvalue weighted by atomic mass is 19.1. The molecule has 0 radical (unpaired) electrons. The molecule has 2 N–H and O–H groups in total. The van der Waals surface area contributed by atoms with E-state index in [0.717, 1.165) is 6.07 Å². The summed E-state index contributed by atoms with van der Waals surface area (Å²) in [5.41, 5.74) is 1.23. The Morgan fingerprint density at radius 1 is 1.24 bits per heavy atom. The van der Waals surface area contributed by atoms with Crippen LogP contribution >= 0.6 is 0 Å². The fraction of sp³-hybridized carbons (Fsp3) is 0.381. The van der Waals surface area contributed by atoms with E-state index in [0.29, 0.717) is 22.3 Å². The summed E-state index contributed by atoms with van der Waals surface area (Å²) >= 11 is 0. The van der Waals surface area contributed by atoms with Gasteiger partial charge in [-0.3, -0.25) is 9.78 Å². The minimum Gasteiger partial charge on any atom is -0.507 e. The van der Waals surface area contributed by atoms with Crippen molar-refractivity contribution in [1.29, 1.82) is 0 Å². The van der Waals surface area contributed by atoms with Gasteiger partial charge in [-0.05, 0) is 51.0 Å². The van der Waals surface area contributed by atoms with Crippen LogP contribution in [0.5, 0.6) is 5.75 Å². The van der Waals surface area contributed by atoms with Crippen LogP contribution in [0.1, 0.15) is 44.4 Å². The number of carbonyl (C=O) groups excluding carboxylic acids is 2. The van der Waals surface area contributed by atoms with Crippen molar-refractivity contribution in [3.63, 3.8) is 0 Å². The molecule has 7 nitrogen and oxygen atoms in total. The number of amides is 1. The molecule has 0 aliphatic rings. The summed E-state index contributed by atoms with van der Waals surface area (Å²) in [4.78, 5) is 28.2. The van der Waals surface area contributed by atoms with Crippen molar-refractivity contribution >= 4 is 12.1 Å². The van der Waals surface area contributed by atoms with Gasteiger partial charge in [0.15, 0.2) is 0 Å². The zero-order chi connectivity index (χ0) is 21.8. The zero-order valence-corrected chi connectivity index (χ0v) is 17.1. The van der Waals surface area contributed by atoms with Gasteiger partial charge in [0, 0.05) is 29.6 Å². The molecule has 1 atom stereocenters. The summed E-state index contributed by atoms with van der Waals surface area (Å²) < 4.78 is 23.5. The Morgan fingerprint density at radius 2 is 1.93 bits per heavy atom. The fourth-order valence-corrected chi connectivity index (χ4v) is 2.84. The highest BCUT2D eigenvalue weighted by molar-refractivity contribution is 5.75. The van der Waals surface area contributed by atoms with Gasteiger partial charge in [-0.2, -0.15) is 0 Å². The third kappa shape index (κ3) is 6.17. The molecule has 2 aromatic rings. The molecule has 8 heteroatoms. The van der Waals surface area contributed by atoms with Gasteiger partial charge in [0.05, 0.1) is 19.6 Å². The first-order valence-electron chi connectivity index (χ1n) is 9.01. The molecule has 1 amide bonds. The molecule has 0 saturated heterocycles. The van der Waals surface area contributed by atoms with Crippen molar-refractivity contribution in [3.8, 4) is 16.9 Å². The van der Waals surface area contributed by atoms with E-state index >= 15 is 0 Å². The molecule has 0 bridgehead atoms. The maximum atomic E-state index is 13.5.